The first-order valence-electron chi connectivity index (χ1n) is 2.21. The van der Waals surface area contributed by atoms with Gasteiger partial charge in [0.25, 0.3) is 0 Å². The van der Waals surface area contributed by atoms with Gasteiger partial charge in [0.1, 0.15) is 0 Å². The molecule has 0 aromatic heterocycles. The Hall–Kier alpha value is 0.390. The second kappa shape index (κ2) is 5.39. The van der Waals surface area contributed by atoms with Crippen LogP contribution < -0.4 is 5.32 Å². The van der Waals surface area contributed by atoms with Gasteiger partial charge in [0.2, 0.25) is 0 Å². The Morgan fingerprint density at radius 1 is 1.67 bits per heavy atom. The highest BCUT2D eigenvalue weighted by Gasteiger charge is 1.72. The van der Waals surface area contributed by atoms with E-state index in [1.807, 2.05) is 7.05 Å². The summed E-state index contributed by atoms with van der Waals surface area (Å²) in [6.07, 6.45) is 1.33. The minimum Gasteiger partial charge on any atom is -0.319 e. The molecule has 0 spiro atoms. The third kappa shape index (κ3) is 4.39. The third-order valence-electron chi connectivity index (χ3n) is 0.625. The van der Waals surface area contributed by atoms with E-state index in [-0.39, 0.29) is 0 Å². The Balaban J connectivity index is 2.34. The lowest BCUT2D eigenvalue weighted by Gasteiger charge is -1.90. The summed E-state index contributed by atoms with van der Waals surface area (Å²) in [6, 6.07) is 0. The van der Waals surface area contributed by atoms with Gasteiger partial charge in [-0.05, 0) is 26.4 Å². The lowest BCUT2D eigenvalue weighted by atomic mass is 10.8. The molecule has 0 radical (unpaired) electrons. The van der Waals surface area contributed by atoms with Gasteiger partial charge in [-0.3, -0.25) is 0 Å². The maximum atomic E-state index is 3.08. The van der Waals surface area contributed by atoms with Crippen LogP contribution in [0.5, 0.6) is 0 Å². The highest BCUT2D eigenvalue weighted by Crippen LogP contribution is 1.96. The minimum atomic E-state index is 1.10. The van der Waals surface area contributed by atoms with Crippen LogP contribution in [0.2, 0.25) is 0 Å². The Morgan fingerprint density at radius 2 is 2.33 bits per heavy atom. The molecule has 38 valence electrons. The largest absolute Gasteiger partial charge is 0.319 e. The van der Waals surface area contributed by atoms with Gasteiger partial charge >= 0.3 is 0 Å². The van der Waals surface area contributed by atoms with Crippen molar-refractivity contribution in [2.24, 2.45) is 0 Å². The minimum absolute atomic E-state index is 1.10. The van der Waals surface area contributed by atoms with Crippen LogP contribution in [-0.2, 0) is 0 Å². The lowest BCUT2D eigenvalue weighted by molar-refractivity contribution is 0.871. The molecule has 0 aliphatic rings. The number of hydrogen-bond donors (Lipinski definition) is 1. The molecule has 0 aromatic rings. The average molecular weight is 105 g/mol. The van der Waals surface area contributed by atoms with E-state index in [2.05, 4.69) is 12.0 Å². The molecule has 1 atom stereocenters. The van der Waals surface area contributed by atoms with Gasteiger partial charge in [-0.15, -0.1) is 8.58 Å². The molecule has 0 fully saturated rings. The SMILES string of the molecule is CNCCPC. The fourth-order valence-corrected chi connectivity index (χ4v) is 0.750. The molecule has 1 unspecified atom stereocenters. The Labute approximate surface area is 41.3 Å². The molecular formula is C4H12NP. The summed E-state index contributed by atoms with van der Waals surface area (Å²) in [5, 5.41) is 3.08. The summed E-state index contributed by atoms with van der Waals surface area (Å²) in [5.74, 6) is 0. The van der Waals surface area contributed by atoms with Crippen LogP contribution in [0.15, 0.2) is 0 Å². The first-order chi connectivity index (χ1) is 2.91. The average Bonchev–Trinajstić information content (AvgIpc) is 1.61. The molecule has 0 rings (SSSR count). The number of hydrogen-bond acceptors (Lipinski definition) is 1. The number of rotatable bonds is 3. The molecular weight excluding hydrogens is 93.0 g/mol. The Kier molecular flexibility index (Phi) is 5.74. The molecule has 0 aromatic carbocycles. The first kappa shape index (κ1) is 6.39. The fourth-order valence-electron chi connectivity index (χ4n) is 0.250. The van der Waals surface area contributed by atoms with Crippen LogP contribution in [0.1, 0.15) is 0 Å². The topological polar surface area (TPSA) is 12.0 Å². The summed E-state index contributed by atoms with van der Waals surface area (Å²) in [6.45, 7) is 3.40. The maximum Gasteiger partial charge on any atom is -0.00150 e. The van der Waals surface area contributed by atoms with Gasteiger partial charge in [-0.1, -0.05) is 0 Å². The molecule has 1 nitrogen and oxygen atoms in total. The first-order valence-corrected chi connectivity index (χ1v) is 3.91. The van der Waals surface area contributed by atoms with Crippen LogP contribution in [0.25, 0.3) is 0 Å². The van der Waals surface area contributed by atoms with Crippen LogP contribution in [-0.4, -0.2) is 26.4 Å². The predicted molar refractivity (Wildman–Crippen MR) is 33.0 cm³/mol. The molecule has 0 amide bonds. The van der Waals surface area contributed by atoms with Gasteiger partial charge < -0.3 is 5.32 Å². The van der Waals surface area contributed by atoms with Crippen molar-refractivity contribution in [1.82, 2.24) is 5.32 Å². The lowest BCUT2D eigenvalue weighted by Crippen LogP contribution is -2.08. The zero-order valence-electron chi connectivity index (χ0n) is 4.41. The Bertz CT molecular complexity index is 19.5. The van der Waals surface area contributed by atoms with Crippen molar-refractivity contribution >= 4 is 8.58 Å². The quantitative estimate of drug-likeness (QED) is 0.407. The van der Waals surface area contributed by atoms with Gasteiger partial charge in [0.05, 0.1) is 0 Å². The smallest absolute Gasteiger partial charge is 0.00150 e. The van der Waals surface area contributed by atoms with E-state index in [0.717, 1.165) is 8.58 Å². The Morgan fingerprint density at radius 3 is 2.50 bits per heavy atom. The second-order valence-electron chi connectivity index (χ2n) is 1.21. The predicted octanol–water partition coefficient (Wildman–Crippen LogP) is 0.514. The monoisotopic (exact) mass is 105 g/mol. The fraction of sp³-hybridized carbons (Fsp3) is 1.00. The van der Waals surface area contributed by atoms with E-state index in [0.29, 0.717) is 0 Å². The van der Waals surface area contributed by atoms with Crippen molar-refractivity contribution in [2.75, 3.05) is 26.4 Å². The van der Waals surface area contributed by atoms with Gasteiger partial charge in [-0.25, -0.2) is 0 Å². The molecule has 1 N–H and O–H groups in total. The molecule has 0 saturated carbocycles. The normalized spacial score (nSPS) is 11.0. The molecule has 2 heteroatoms. The molecule has 0 saturated heterocycles. The van der Waals surface area contributed by atoms with Gasteiger partial charge in [-0.2, -0.15) is 0 Å². The van der Waals surface area contributed by atoms with E-state index in [4.69, 9.17) is 0 Å². The summed E-state index contributed by atoms with van der Waals surface area (Å²) in [7, 11) is 3.09. The van der Waals surface area contributed by atoms with Crippen molar-refractivity contribution in [3.8, 4) is 0 Å². The van der Waals surface area contributed by atoms with Gasteiger partial charge in [0.15, 0.2) is 0 Å². The zero-order chi connectivity index (χ0) is 4.83. The van der Waals surface area contributed by atoms with Crippen LogP contribution in [0.4, 0.5) is 0 Å². The highest BCUT2D eigenvalue weighted by atomic mass is 31.1. The molecule has 0 aliphatic heterocycles. The van der Waals surface area contributed by atoms with E-state index in [1.54, 1.807) is 0 Å². The van der Waals surface area contributed by atoms with Crippen molar-refractivity contribution in [2.45, 2.75) is 0 Å². The van der Waals surface area contributed by atoms with Crippen molar-refractivity contribution in [3.05, 3.63) is 0 Å². The zero-order valence-corrected chi connectivity index (χ0v) is 5.41. The van der Waals surface area contributed by atoms with Crippen LogP contribution in [0, 0.1) is 0 Å². The van der Waals surface area contributed by atoms with Crippen LogP contribution >= 0.6 is 8.58 Å². The maximum absolute atomic E-state index is 3.08. The highest BCUT2D eigenvalue weighted by molar-refractivity contribution is 7.37. The summed E-state index contributed by atoms with van der Waals surface area (Å²) in [4.78, 5) is 0. The summed E-state index contributed by atoms with van der Waals surface area (Å²) < 4.78 is 0. The van der Waals surface area contributed by atoms with E-state index in [1.165, 1.54) is 12.7 Å². The second-order valence-corrected chi connectivity index (χ2v) is 2.41. The third-order valence-corrected chi connectivity index (χ3v) is 1.37. The summed E-state index contributed by atoms with van der Waals surface area (Å²) in [5.41, 5.74) is 0. The number of nitrogens with one attached hydrogen (secondary N) is 1. The standard InChI is InChI=1S/C4H12NP/c1-5-3-4-6-2/h5-6H,3-4H2,1-2H3. The summed E-state index contributed by atoms with van der Waals surface area (Å²) >= 11 is 0. The molecule has 0 aliphatic carbocycles. The molecule has 0 bridgehead atoms. The van der Waals surface area contributed by atoms with E-state index >= 15 is 0 Å². The van der Waals surface area contributed by atoms with Crippen molar-refractivity contribution in [3.63, 3.8) is 0 Å². The molecule has 6 heavy (non-hydrogen) atoms. The van der Waals surface area contributed by atoms with E-state index < -0.39 is 0 Å². The molecule has 0 heterocycles. The van der Waals surface area contributed by atoms with Crippen molar-refractivity contribution in [1.29, 1.82) is 0 Å². The van der Waals surface area contributed by atoms with E-state index in [9.17, 15) is 0 Å². The van der Waals surface area contributed by atoms with Crippen molar-refractivity contribution < 1.29 is 0 Å². The van der Waals surface area contributed by atoms with Gasteiger partial charge in [0, 0.05) is 0 Å². The van der Waals surface area contributed by atoms with Crippen LogP contribution in [0.3, 0.4) is 0 Å².